The van der Waals surface area contributed by atoms with Crippen LogP contribution in [-0.4, -0.2) is 50.8 Å². The van der Waals surface area contributed by atoms with Gasteiger partial charge in [0.25, 0.3) is 0 Å². The Morgan fingerprint density at radius 3 is 2.58 bits per heavy atom. The molecule has 26 heavy (non-hydrogen) atoms. The fraction of sp³-hybridized carbons (Fsp3) is 0.600. The summed E-state index contributed by atoms with van der Waals surface area (Å²) < 4.78 is 5.25. The van der Waals surface area contributed by atoms with Gasteiger partial charge < -0.3 is 20.7 Å². The molecule has 1 saturated heterocycles. The van der Waals surface area contributed by atoms with E-state index in [4.69, 9.17) is 15.5 Å². The minimum absolute atomic E-state index is 0.365. The lowest BCUT2D eigenvalue weighted by Crippen LogP contribution is -2.40. The molecule has 1 aromatic rings. The van der Waals surface area contributed by atoms with Gasteiger partial charge in [0.1, 0.15) is 5.75 Å². The molecule has 6 nitrogen and oxygen atoms in total. The molecule has 0 aromatic heterocycles. The summed E-state index contributed by atoms with van der Waals surface area (Å²) >= 11 is 0. The quantitative estimate of drug-likeness (QED) is 0.482. The number of likely N-dealkylation sites (tertiary alicyclic amines) is 1. The molecular formula is C20H30N4O2. The number of carbonyl (C=O) groups is 1. The van der Waals surface area contributed by atoms with Crippen molar-refractivity contribution in [3.8, 4) is 5.75 Å². The van der Waals surface area contributed by atoms with Crippen molar-refractivity contribution < 1.29 is 9.53 Å². The molecule has 1 spiro atoms. The Hall–Kier alpha value is -2.08. The summed E-state index contributed by atoms with van der Waals surface area (Å²) in [7, 11) is 3.77. The third-order valence-corrected chi connectivity index (χ3v) is 6.11. The Labute approximate surface area is 155 Å². The highest BCUT2D eigenvalue weighted by Gasteiger charge is 2.37. The number of ether oxygens (including phenoxy) is 1. The summed E-state index contributed by atoms with van der Waals surface area (Å²) in [6.07, 6.45) is 9.99. The fourth-order valence-electron chi connectivity index (χ4n) is 4.21. The normalized spacial score (nSPS) is 21.2. The second kappa shape index (κ2) is 8.08. The number of amides is 1. The zero-order chi connectivity index (χ0) is 18.6. The smallest absolute Gasteiger partial charge is 0.211 e. The van der Waals surface area contributed by atoms with Crippen LogP contribution >= 0.6 is 0 Å². The number of rotatable bonds is 5. The molecule has 0 unspecified atom stereocenters. The predicted octanol–water partition coefficient (Wildman–Crippen LogP) is 2.92. The van der Waals surface area contributed by atoms with Gasteiger partial charge in [-0.15, -0.1) is 0 Å². The van der Waals surface area contributed by atoms with Crippen molar-refractivity contribution in [2.24, 2.45) is 10.4 Å². The largest absolute Gasteiger partial charge is 0.494 e. The van der Waals surface area contributed by atoms with Gasteiger partial charge in [-0.25, -0.2) is 0 Å². The maximum atomic E-state index is 10.8. The molecule has 1 aliphatic heterocycles. The number of methoxy groups -OCH3 is 1. The number of carbonyl (C=O) groups excluding carboxylic acids is 1. The molecule has 2 aliphatic rings. The lowest BCUT2D eigenvalue weighted by Gasteiger charge is -2.44. The molecule has 1 aromatic carbocycles. The van der Waals surface area contributed by atoms with E-state index >= 15 is 0 Å². The first-order valence-corrected chi connectivity index (χ1v) is 9.45. The molecule has 1 saturated carbocycles. The van der Waals surface area contributed by atoms with E-state index < -0.39 is 0 Å². The van der Waals surface area contributed by atoms with Crippen molar-refractivity contribution >= 4 is 24.0 Å². The van der Waals surface area contributed by atoms with Gasteiger partial charge in [-0.1, -0.05) is 0 Å². The number of hydrogen-bond acceptors (Lipinski definition) is 5. The van der Waals surface area contributed by atoms with E-state index in [9.17, 15) is 4.79 Å². The van der Waals surface area contributed by atoms with E-state index in [2.05, 4.69) is 17.3 Å². The Balaban J connectivity index is 1.64. The number of anilines is 2. The Morgan fingerprint density at radius 1 is 1.27 bits per heavy atom. The van der Waals surface area contributed by atoms with E-state index in [-0.39, 0.29) is 0 Å². The van der Waals surface area contributed by atoms with Crippen LogP contribution in [0.15, 0.2) is 17.1 Å². The van der Waals surface area contributed by atoms with Crippen LogP contribution in [0.5, 0.6) is 5.75 Å². The maximum Gasteiger partial charge on any atom is 0.211 e. The Morgan fingerprint density at radius 2 is 1.96 bits per heavy atom. The SMILES string of the molecule is COc1cc(N)c(C=NC2CCC3(CC2)CCN(C)CC3)cc1NC=O. The van der Waals surface area contributed by atoms with Crippen LogP contribution in [0.2, 0.25) is 0 Å². The van der Waals surface area contributed by atoms with Crippen molar-refractivity contribution in [1.82, 2.24) is 4.90 Å². The summed E-state index contributed by atoms with van der Waals surface area (Å²) in [5, 5.41) is 2.65. The minimum atomic E-state index is 0.365. The summed E-state index contributed by atoms with van der Waals surface area (Å²) in [5.74, 6) is 0.550. The number of hydrogen-bond donors (Lipinski definition) is 2. The van der Waals surface area contributed by atoms with Gasteiger partial charge in [0.05, 0.1) is 12.8 Å². The summed E-state index contributed by atoms with van der Waals surface area (Å²) in [4.78, 5) is 18.0. The van der Waals surface area contributed by atoms with Crippen LogP contribution < -0.4 is 15.8 Å². The first kappa shape index (κ1) is 18.7. The molecule has 3 N–H and O–H groups in total. The molecule has 142 valence electrons. The third kappa shape index (κ3) is 4.18. The van der Waals surface area contributed by atoms with Crippen LogP contribution in [0.4, 0.5) is 11.4 Å². The highest BCUT2D eigenvalue weighted by Crippen LogP contribution is 2.45. The van der Waals surface area contributed by atoms with Gasteiger partial charge in [0.15, 0.2) is 0 Å². The molecule has 0 radical (unpaired) electrons. The first-order chi connectivity index (χ1) is 12.5. The van der Waals surface area contributed by atoms with Crippen molar-refractivity contribution in [2.45, 2.75) is 44.6 Å². The highest BCUT2D eigenvalue weighted by atomic mass is 16.5. The van der Waals surface area contributed by atoms with E-state index in [1.54, 1.807) is 13.2 Å². The van der Waals surface area contributed by atoms with Gasteiger partial charge >= 0.3 is 0 Å². The lowest BCUT2D eigenvalue weighted by atomic mass is 9.67. The molecule has 2 fully saturated rings. The van der Waals surface area contributed by atoms with Crippen molar-refractivity contribution in [3.63, 3.8) is 0 Å². The molecule has 0 atom stereocenters. The summed E-state index contributed by atoms with van der Waals surface area (Å²) in [6, 6.07) is 3.90. The van der Waals surface area contributed by atoms with Crippen LogP contribution in [-0.2, 0) is 4.79 Å². The zero-order valence-electron chi connectivity index (χ0n) is 15.8. The van der Waals surface area contributed by atoms with Crippen LogP contribution in [0.1, 0.15) is 44.1 Å². The molecular weight excluding hydrogens is 328 g/mol. The molecule has 1 amide bonds. The number of nitrogen functional groups attached to an aromatic ring is 1. The van der Waals surface area contributed by atoms with Gasteiger partial charge in [0, 0.05) is 29.6 Å². The van der Waals surface area contributed by atoms with Crippen LogP contribution in [0.3, 0.4) is 0 Å². The molecule has 1 heterocycles. The number of piperidine rings is 1. The highest BCUT2D eigenvalue weighted by molar-refractivity contribution is 5.91. The van der Waals surface area contributed by atoms with Gasteiger partial charge in [0.2, 0.25) is 6.41 Å². The van der Waals surface area contributed by atoms with Gasteiger partial charge in [-0.05, 0) is 70.1 Å². The minimum Gasteiger partial charge on any atom is -0.494 e. The molecule has 0 bridgehead atoms. The molecule has 3 rings (SSSR count). The Kier molecular flexibility index (Phi) is 5.81. The first-order valence-electron chi connectivity index (χ1n) is 9.45. The topological polar surface area (TPSA) is 80.0 Å². The second-order valence-corrected chi connectivity index (χ2v) is 7.76. The number of nitrogens with zero attached hydrogens (tertiary/aromatic N) is 2. The summed E-state index contributed by atoms with van der Waals surface area (Å²) in [5.41, 5.74) is 8.68. The average molecular weight is 358 g/mol. The van der Waals surface area contributed by atoms with Crippen molar-refractivity contribution in [3.05, 3.63) is 17.7 Å². The monoisotopic (exact) mass is 358 g/mol. The molecule has 6 heteroatoms. The lowest BCUT2D eigenvalue weighted by molar-refractivity contribution is -0.105. The van der Waals surface area contributed by atoms with Crippen molar-refractivity contribution in [2.75, 3.05) is 38.3 Å². The van der Waals surface area contributed by atoms with E-state index in [1.165, 1.54) is 38.8 Å². The van der Waals surface area contributed by atoms with E-state index in [0.717, 1.165) is 18.4 Å². The standard InChI is InChI=1S/C20H30N4O2/c1-24-9-7-20(8-10-24)5-3-16(4-6-20)22-13-15-11-18(23-14-25)19(26-2)12-17(15)21/h11-14,16H,3-10,21H2,1-2H3,(H,23,25). The third-order valence-electron chi connectivity index (χ3n) is 6.11. The zero-order valence-corrected chi connectivity index (χ0v) is 15.8. The van der Waals surface area contributed by atoms with Gasteiger partial charge in [-0.3, -0.25) is 9.79 Å². The number of nitrogens with one attached hydrogen (secondary N) is 1. The van der Waals surface area contributed by atoms with E-state index in [1.807, 2.05) is 12.3 Å². The molecule has 1 aliphatic carbocycles. The van der Waals surface area contributed by atoms with Crippen molar-refractivity contribution in [1.29, 1.82) is 0 Å². The fourth-order valence-corrected chi connectivity index (χ4v) is 4.21. The van der Waals surface area contributed by atoms with E-state index in [0.29, 0.717) is 35.0 Å². The summed E-state index contributed by atoms with van der Waals surface area (Å²) in [6.45, 7) is 2.45. The maximum absolute atomic E-state index is 10.8. The average Bonchev–Trinajstić information content (AvgIpc) is 2.66. The number of benzene rings is 1. The Bertz CT molecular complexity index is 656. The second-order valence-electron chi connectivity index (χ2n) is 7.76. The van der Waals surface area contributed by atoms with Crippen LogP contribution in [0.25, 0.3) is 0 Å². The number of nitrogens with two attached hydrogens (primary N) is 1. The predicted molar refractivity (Wildman–Crippen MR) is 106 cm³/mol. The van der Waals surface area contributed by atoms with Gasteiger partial charge in [-0.2, -0.15) is 0 Å². The number of aliphatic imine (C=N–C) groups is 1. The van der Waals surface area contributed by atoms with Crippen LogP contribution in [0, 0.1) is 5.41 Å².